The minimum atomic E-state index is -5.35. The first-order valence-electron chi connectivity index (χ1n) is 17.8. The number of amides is 2. The molecule has 6 nitrogen and oxygen atoms in total. The maximum absolute atomic E-state index is 17.9. The van der Waals surface area contributed by atoms with Gasteiger partial charge in [0.25, 0.3) is 0 Å². The molecular formula is C44H34F4N2O4Ti. The van der Waals surface area contributed by atoms with Crippen LogP contribution in [0.5, 0.6) is 0 Å². The van der Waals surface area contributed by atoms with Crippen LogP contribution in [0.1, 0.15) is 20.7 Å². The Bertz CT molecular complexity index is 2170. The molecule has 0 unspecified atom stereocenters. The summed E-state index contributed by atoms with van der Waals surface area (Å²) in [5.74, 6) is -4.49. The third-order valence-electron chi connectivity index (χ3n) is 10.4. The molecule has 0 aromatic heterocycles. The Morgan fingerprint density at radius 1 is 0.564 bits per heavy atom. The second-order valence-corrected chi connectivity index (χ2v) is 19.8. The summed E-state index contributed by atoms with van der Waals surface area (Å²) in [5, 5.41) is 0. The summed E-state index contributed by atoms with van der Waals surface area (Å²) in [5.41, 5.74) is -0.0226. The number of ether oxygens (including phenoxy) is 2. The Kier molecular flexibility index (Phi) is 10.0. The Morgan fingerprint density at radius 3 is 1.25 bits per heavy atom. The van der Waals surface area contributed by atoms with Crippen molar-refractivity contribution in [2.75, 3.05) is 36.1 Å². The SMILES string of the molecule is O=C(c1ccccc1)N(CC1=CCO1)c1ccc(F)[c]([Ti]([c]2c(F)ccc(N(CC3=CCO3)C(=O)c3ccccc3)c2F)([CH]2C=CC=C2)[CH]2C=CC=C2)c1F. The molecule has 276 valence electrons. The zero-order valence-corrected chi connectivity index (χ0v) is 30.9. The molecule has 2 heterocycles. The number of hydrogen-bond donors (Lipinski definition) is 0. The fraction of sp³-hybridized carbons (Fsp3) is 0.136. The predicted octanol–water partition coefficient (Wildman–Crippen LogP) is 8.30. The Morgan fingerprint density at radius 2 is 0.927 bits per heavy atom. The van der Waals surface area contributed by atoms with Gasteiger partial charge in [-0.2, -0.15) is 0 Å². The van der Waals surface area contributed by atoms with Crippen molar-refractivity contribution in [3.05, 3.63) is 192 Å². The van der Waals surface area contributed by atoms with Gasteiger partial charge >= 0.3 is 320 Å². The van der Waals surface area contributed by atoms with Crippen molar-refractivity contribution in [3.63, 3.8) is 0 Å². The summed E-state index contributed by atoms with van der Waals surface area (Å²) in [6.07, 6.45) is 17.2. The van der Waals surface area contributed by atoms with Gasteiger partial charge in [0.15, 0.2) is 0 Å². The molecule has 0 fully saturated rings. The molecule has 55 heavy (non-hydrogen) atoms. The summed E-state index contributed by atoms with van der Waals surface area (Å²) >= 11 is -5.35. The van der Waals surface area contributed by atoms with Crippen molar-refractivity contribution in [2.45, 2.75) is 8.45 Å². The van der Waals surface area contributed by atoms with E-state index in [1.165, 1.54) is 21.9 Å². The third-order valence-corrected chi connectivity index (χ3v) is 18.9. The summed E-state index contributed by atoms with van der Waals surface area (Å²) in [4.78, 5) is 30.6. The molecule has 11 heteroatoms. The van der Waals surface area contributed by atoms with Crippen LogP contribution in [0.4, 0.5) is 28.9 Å². The molecular weight excluding hydrogens is 744 g/mol. The first-order chi connectivity index (χ1) is 26.8. The van der Waals surface area contributed by atoms with E-state index in [-0.39, 0.29) is 35.6 Å². The van der Waals surface area contributed by atoms with E-state index in [0.29, 0.717) is 24.7 Å². The Hall–Kier alpha value is -5.71. The second-order valence-electron chi connectivity index (χ2n) is 13.4. The van der Waals surface area contributed by atoms with Crippen molar-refractivity contribution in [3.8, 4) is 0 Å². The van der Waals surface area contributed by atoms with E-state index in [1.807, 2.05) is 0 Å². The molecule has 8 rings (SSSR count). The maximum atomic E-state index is 17.9. The summed E-state index contributed by atoms with van der Waals surface area (Å²) in [7, 11) is 0. The van der Waals surface area contributed by atoms with Crippen LogP contribution < -0.4 is 17.5 Å². The number of halogens is 4. The van der Waals surface area contributed by atoms with E-state index in [0.717, 1.165) is 12.1 Å². The molecule has 0 spiro atoms. The number of benzene rings is 4. The molecule has 4 aromatic carbocycles. The van der Waals surface area contributed by atoms with Crippen molar-refractivity contribution in [1.82, 2.24) is 0 Å². The molecule has 0 radical (unpaired) electrons. The van der Waals surface area contributed by atoms with Gasteiger partial charge in [0.2, 0.25) is 0 Å². The van der Waals surface area contributed by atoms with Gasteiger partial charge in [0.1, 0.15) is 0 Å². The number of rotatable bonds is 12. The molecule has 0 N–H and O–H groups in total. The minimum absolute atomic E-state index is 0.158. The van der Waals surface area contributed by atoms with Crippen molar-refractivity contribution in [2.24, 2.45) is 0 Å². The average Bonchev–Trinajstić information content (AvgIpc) is 3.91. The molecule has 0 saturated carbocycles. The van der Waals surface area contributed by atoms with Crippen molar-refractivity contribution >= 4 is 30.9 Å². The number of carbonyl (C=O) groups excluding carboxylic acids is 2. The molecule has 0 saturated heterocycles. The zero-order chi connectivity index (χ0) is 38.1. The van der Waals surface area contributed by atoms with Crippen LogP contribution in [0, 0.1) is 23.3 Å². The van der Waals surface area contributed by atoms with Crippen LogP contribution in [0.15, 0.2) is 157 Å². The Balaban J connectivity index is 1.38. The van der Waals surface area contributed by atoms with E-state index >= 15 is 17.6 Å². The Labute approximate surface area is 319 Å². The first kappa shape index (κ1) is 36.3. The predicted molar refractivity (Wildman–Crippen MR) is 200 cm³/mol. The van der Waals surface area contributed by atoms with Crippen LogP contribution in [0.2, 0.25) is 8.45 Å². The van der Waals surface area contributed by atoms with E-state index in [1.54, 1.807) is 121 Å². The molecule has 0 bridgehead atoms. The quantitative estimate of drug-likeness (QED) is 0.107. The van der Waals surface area contributed by atoms with Crippen molar-refractivity contribution < 1.29 is 53.2 Å². The number of allylic oxidation sites excluding steroid dienone is 8. The van der Waals surface area contributed by atoms with Gasteiger partial charge in [-0.3, -0.25) is 0 Å². The normalized spacial score (nSPS) is 15.9. The van der Waals surface area contributed by atoms with Gasteiger partial charge < -0.3 is 0 Å². The third kappa shape index (κ3) is 6.49. The van der Waals surface area contributed by atoms with Crippen LogP contribution in [-0.2, 0) is 26.1 Å². The molecule has 2 aliphatic heterocycles. The van der Waals surface area contributed by atoms with Gasteiger partial charge in [0, 0.05) is 0 Å². The summed E-state index contributed by atoms with van der Waals surface area (Å²) in [6.45, 7) is 0.325. The van der Waals surface area contributed by atoms with E-state index in [4.69, 9.17) is 9.47 Å². The summed E-state index contributed by atoms with van der Waals surface area (Å²) in [6, 6.07) is 21.0. The van der Waals surface area contributed by atoms with Crippen LogP contribution in [0.25, 0.3) is 0 Å². The van der Waals surface area contributed by atoms with Crippen LogP contribution in [-0.4, -0.2) is 38.1 Å². The molecule has 4 aromatic rings. The van der Waals surface area contributed by atoms with Gasteiger partial charge in [-0.05, 0) is 0 Å². The number of carbonyl (C=O) groups is 2. The number of hydrogen-bond acceptors (Lipinski definition) is 4. The van der Waals surface area contributed by atoms with E-state index in [9.17, 15) is 9.59 Å². The summed E-state index contributed by atoms with van der Waals surface area (Å²) < 4.78 is 78.3. The van der Waals surface area contributed by atoms with Gasteiger partial charge in [-0.1, -0.05) is 0 Å². The van der Waals surface area contributed by atoms with Gasteiger partial charge in [0.05, 0.1) is 0 Å². The fourth-order valence-electron chi connectivity index (χ4n) is 7.68. The second kappa shape index (κ2) is 15.2. The fourth-order valence-corrected chi connectivity index (χ4v) is 16.5. The first-order valence-corrected chi connectivity index (χ1v) is 21.2. The van der Waals surface area contributed by atoms with Gasteiger partial charge in [-0.15, -0.1) is 0 Å². The molecule has 2 amide bonds. The van der Waals surface area contributed by atoms with E-state index in [2.05, 4.69) is 0 Å². The average molecular weight is 779 g/mol. The molecule has 2 aliphatic carbocycles. The molecule has 0 atom stereocenters. The van der Waals surface area contributed by atoms with Crippen LogP contribution >= 0.6 is 0 Å². The topological polar surface area (TPSA) is 59.1 Å². The monoisotopic (exact) mass is 778 g/mol. The van der Waals surface area contributed by atoms with Gasteiger partial charge in [-0.25, -0.2) is 0 Å². The van der Waals surface area contributed by atoms with E-state index < -0.39 is 67.9 Å². The molecule has 4 aliphatic rings. The number of nitrogens with zero attached hydrogens (tertiary/aromatic N) is 2. The van der Waals surface area contributed by atoms with Crippen LogP contribution in [0.3, 0.4) is 0 Å². The zero-order valence-electron chi connectivity index (χ0n) is 29.4. The number of anilines is 2. The van der Waals surface area contributed by atoms with Crippen molar-refractivity contribution in [1.29, 1.82) is 0 Å². The standard InChI is InChI=1S/2C17H12F2NO2.2C5H5.Ti/c2*18-13-6-7-16(15(19)10-13)20(11-14-8-9-22-14)17(21)12-4-2-1-3-5-12;2*1-2-4-5-3-1;/h2*1-8H,9,11H2;2*1-5H;.